The molecule has 27 heavy (non-hydrogen) atoms. The van der Waals surface area contributed by atoms with E-state index < -0.39 is 21.7 Å². The van der Waals surface area contributed by atoms with Gasteiger partial charge in [-0.25, -0.2) is 17.2 Å². The van der Waals surface area contributed by atoms with Crippen LogP contribution < -0.4 is 9.62 Å². The summed E-state index contributed by atoms with van der Waals surface area (Å²) in [7, 11) is -3.77. The van der Waals surface area contributed by atoms with Crippen LogP contribution in [0, 0.1) is 11.6 Å². The van der Waals surface area contributed by atoms with E-state index in [0.29, 0.717) is 11.6 Å². The molecule has 2 rings (SSSR count). The highest BCUT2D eigenvalue weighted by Gasteiger charge is 2.20. The van der Waals surface area contributed by atoms with E-state index >= 15 is 0 Å². The fourth-order valence-corrected chi connectivity index (χ4v) is 3.42. The molecule has 146 valence electrons. The number of halogens is 2. The highest BCUT2D eigenvalue weighted by atomic mass is 32.2. The Labute approximate surface area is 158 Å². The minimum Gasteiger partial charge on any atom is -0.326 e. The van der Waals surface area contributed by atoms with Crippen LogP contribution in [0.15, 0.2) is 42.5 Å². The van der Waals surface area contributed by atoms with Gasteiger partial charge in [0.05, 0.1) is 11.9 Å². The molecule has 0 aromatic heterocycles. The molecule has 0 aliphatic heterocycles. The lowest BCUT2D eigenvalue weighted by Crippen LogP contribution is -2.33. The third kappa shape index (κ3) is 5.75. The smallest absolute Gasteiger partial charge is 0.232 e. The second kappa shape index (κ2) is 8.47. The first kappa shape index (κ1) is 20.8. The average Bonchev–Trinajstić information content (AvgIpc) is 2.57. The maximum atomic E-state index is 13.4. The zero-order chi connectivity index (χ0) is 20.2. The van der Waals surface area contributed by atoms with E-state index in [2.05, 4.69) is 19.2 Å². The molecule has 2 aromatic rings. The molecule has 0 heterocycles. The first-order chi connectivity index (χ1) is 12.6. The lowest BCUT2D eigenvalue weighted by atomic mass is 10.0. The van der Waals surface area contributed by atoms with E-state index in [9.17, 15) is 22.0 Å². The highest BCUT2D eigenvalue weighted by molar-refractivity contribution is 7.92. The molecule has 0 bridgehead atoms. The van der Waals surface area contributed by atoms with Crippen molar-refractivity contribution in [3.8, 4) is 0 Å². The molecular formula is C19H22F2N2O3S. The normalized spacial score (nSPS) is 11.5. The maximum absolute atomic E-state index is 13.4. The van der Waals surface area contributed by atoms with Gasteiger partial charge >= 0.3 is 0 Å². The molecule has 0 spiro atoms. The van der Waals surface area contributed by atoms with Crippen molar-refractivity contribution in [2.24, 2.45) is 0 Å². The number of amides is 1. The minimum absolute atomic E-state index is 0.0366. The molecule has 2 aromatic carbocycles. The third-order valence-electron chi connectivity index (χ3n) is 3.99. The fourth-order valence-electron chi connectivity index (χ4n) is 2.50. The Kier molecular flexibility index (Phi) is 6.54. The summed E-state index contributed by atoms with van der Waals surface area (Å²) in [5.74, 6) is -2.25. The summed E-state index contributed by atoms with van der Waals surface area (Å²) in [6, 6.07) is 10.2. The van der Waals surface area contributed by atoms with Crippen molar-refractivity contribution >= 4 is 27.3 Å². The Morgan fingerprint density at radius 1 is 1.07 bits per heavy atom. The van der Waals surface area contributed by atoms with Crippen molar-refractivity contribution in [1.29, 1.82) is 0 Å². The van der Waals surface area contributed by atoms with E-state index in [1.807, 2.05) is 12.1 Å². The Morgan fingerprint density at radius 3 is 2.22 bits per heavy atom. The zero-order valence-electron chi connectivity index (χ0n) is 15.4. The number of sulfonamides is 1. The van der Waals surface area contributed by atoms with Gasteiger partial charge in [0, 0.05) is 24.7 Å². The van der Waals surface area contributed by atoms with E-state index in [4.69, 9.17) is 0 Å². The van der Waals surface area contributed by atoms with Crippen LogP contribution in [-0.2, 0) is 14.8 Å². The summed E-state index contributed by atoms with van der Waals surface area (Å²) in [6.45, 7) is 3.93. The van der Waals surface area contributed by atoms with Gasteiger partial charge in [0.1, 0.15) is 0 Å². The lowest BCUT2D eigenvalue weighted by Gasteiger charge is -2.22. The van der Waals surface area contributed by atoms with Gasteiger partial charge in [-0.15, -0.1) is 0 Å². The number of nitrogens with one attached hydrogen (secondary N) is 1. The summed E-state index contributed by atoms with van der Waals surface area (Å²) in [5.41, 5.74) is 1.70. The zero-order valence-corrected chi connectivity index (χ0v) is 16.2. The van der Waals surface area contributed by atoms with Gasteiger partial charge in [-0.3, -0.25) is 9.10 Å². The fraction of sp³-hybridized carbons (Fsp3) is 0.316. The number of carbonyl (C=O) groups excluding carboxylic acids is 1. The van der Waals surface area contributed by atoms with Gasteiger partial charge in [-0.2, -0.15) is 0 Å². The number of nitrogens with zero attached hydrogens (tertiary/aromatic N) is 1. The van der Waals surface area contributed by atoms with Gasteiger partial charge < -0.3 is 5.32 Å². The monoisotopic (exact) mass is 396 g/mol. The van der Waals surface area contributed by atoms with Crippen LogP contribution in [0.25, 0.3) is 0 Å². The van der Waals surface area contributed by atoms with Crippen LogP contribution in [0.4, 0.5) is 20.2 Å². The maximum Gasteiger partial charge on any atom is 0.232 e. The summed E-state index contributed by atoms with van der Waals surface area (Å²) >= 11 is 0. The Hall–Kier alpha value is -2.48. The minimum atomic E-state index is -3.77. The van der Waals surface area contributed by atoms with E-state index in [-0.39, 0.29) is 24.6 Å². The molecule has 1 amide bonds. The molecule has 0 radical (unpaired) electrons. The summed E-state index contributed by atoms with van der Waals surface area (Å²) < 4.78 is 51.3. The van der Waals surface area contributed by atoms with Crippen molar-refractivity contribution in [1.82, 2.24) is 0 Å². The van der Waals surface area contributed by atoms with Crippen molar-refractivity contribution in [3.05, 3.63) is 59.7 Å². The Balaban J connectivity index is 2.06. The molecule has 0 aliphatic rings. The van der Waals surface area contributed by atoms with Gasteiger partial charge in [-0.1, -0.05) is 26.0 Å². The molecule has 0 fully saturated rings. The third-order valence-corrected chi connectivity index (χ3v) is 5.19. The number of benzene rings is 2. The van der Waals surface area contributed by atoms with Crippen molar-refractivity contribution in [2.45, 2.75) is 26.2 Å². The topological polar surface area (TPSA) is 66.5 Å². The number of hydrogen-bond acceptors (Lipinski definition) is 3. The molecule has 0 unspecified atom stereocenters. The molecule has 0 saturated carbocycles. The Morgan fingerprint density at radius 2 is 1.70 bits per heavy atom. The molecule has 8 heteroatoms. The summed E-state index contributed by atoms with van der Waals surface area (Å²) in [4.78, 5) is 12.1. The van der Waals surface area contributed by atoms with Crippen molar-refractivity contribution in [3.63, 3.8) is 0 Å². The molecule has 0 saturated heterocycles. The lowest BCUT2D eigenvalue weighted by molar-refractivity contribution is -0.116. The van der Waals surface area contributed by atoms with E-state index in [1.54, 1.807) is 12.1 Å². The van der Waals surface area contributed by atoms with Crippen molar-refractivity contribution < 1.29 is 22.0 Å². The largest absolute Gasteiger partial charge is 0.326 e. The van der Waals surface area contributed by atoms with Gasteiger partial charge in [0.25, 0.3) is 0 Å². The molecule has 0 aliphatic carbocycles. The van der Waals surface area contributed by atoms with Crippen LogP contribution in [0.2, 0.25) is 0 Å². The standard InChI is InChI=1S/C19H22F2N2O3S/c1-13(2)14-4-6-15(7-5-14)22-19(24)10-11-23(27(3,25)26)16-8-9-17(20)18(21)12-16/h4-9,12-13H,10-11H2,1-3H3,(H,22,24). The van der Waals surface area contributed by atoms with Crippen molar-refractivity contribution in [2.75, 3.05) is 22.4 Å². The van der Waals surface area contributed by atoms with Crippen LogP contribution in [0.3, 0.4) is 0 Å². The average molecular weight is 396 g/mol. The summed E-state index contributed by atoms with van der Waals surface area (Å²) in [6.07, 6.45) is 0.800. The van der Waals surface area contributed by atoms with Gasteiger partial charge in [0.2, 0.25) is 15.9 Å². The number of hydrogen-bond donors (Lipinski definition) is 1. The first-order valence-electron chi connectivity index (χ1n) is 8.40. The summed E-state index contributed by atoms with van der Waals surface area (Å²) in [5, 5.41) is 2.69. The van der Waals surface area contributed by atoms with Crippen LogP contribution in [0.1, 0.15) is 31.7 Å². The van der Waals surface area contributed by atoms with E-state index in [1.165, 1.54) is 0 Å². The second-order valence-electron chi connectivity index (χ2n) is 6.51. The van der Waals surface area contributed by atoms with Crippen LogP contribution >= 0.6 is 0 Å². The quantitative estimate of drug-likeness (QED) is 0.772. The van der Waals surface area contributed by atoms with Crippen LogP contribution in [-0.4, -0.2) is 27.1 Å². The predicted octanol–water partition coefficient (Wildman–Crippen LogP) is 3.88. The van der Waals surface area contributed by atoms with Gasteiger partial charge in [0.15, 0.2) is 11.6 Å². The molecule has 5 nitrogen and oxygen atoms in total. The highest BCUT2D eigenvalue weighted by Crippen LogP contribution is 2.21. The predicted molar refractivity (Wildman–Crippen MR) is 102 cm³/mol. The SMILES string of the molecule is CC(C)c1ccc(NC(=O)CCN(c2ccc(F)c(F)c2)S(C)(=O)=O)cc1. The second-order valence-corrected chi connectivity index (χ2v) is 8.42. The molecule has 0 atom stereocenters. The number of rotatable bonds is 7. The number of carbonyl (C=O) groups is 1. The van der Waals surface area contributed by atoms with Crippen LogP contribution in [0.5, 0.6) is 0 Å². The van der Waals surface area contributed by atoms with E-state index in [0.717, 1.165) is 34.3 Å². The van der Waals surface area contributed by atoms with Gasteiger partial charge in [-0.05, 0) is 35.7 Å². The first-order valence-corrected chi connectivity index (χ1v) is 10.3. The molecular weight excluding hydrogens is 374 g/mol. The Bertz CT molecular complexity index is 913. The molecule has 1 N–H and O–H groups in total. The number of anilines is 2.